The molecule has 0 saturated heterocycles. The minimum atomic E-state index is -0.890. The fourth-order valence-corrected chi connectivity index (χ4v) is 1.98. The van der Waals surface area contributed by atoms with E-state index in [-0.39, 0.29) is 5.84 Å². The molecule has 1 aromatic heterocycles. The number of likely N-dealkylation sites (N-methyl/N-ethyl adjacent to an activating group) is 1. The summed E-state index contributed by atoms with van der Waals surface area (Å²) >= 11 is 0. The van der Waals surface area contributed by atoms with Crippen molar-refractivity contribution in [2.45, 2.75) is 40.2 Å². The van der Waals surface area contributed by atoms with Crippen LogP contribution in [0, 0.1) is 13.8 Å². The SMILES string of the molecule is CCN(CC(C)(C)O)c1nnc(C)c(C)c1C(N)=NO. The number of hydrogen-bond donors (Lipinski definition) is 3. The van der Waals surface area contributed by atoms with Crippen molar-refractivity contribution in [3.63, 3.8) is 0 Å². The Kier molecular flexibility index (Phi) is 4.88. The van der Waals surface area contributed by atoms with Gasteiger partial charge in [-0.3, -0.25) is 0 Å². The van der Waals surface area contributed by atoms with E-state index in [0.717, 1.165) is 11.3 Å². The van der Waals surface area contributed by atoms with Crippen molar-refractivity contribution < 1.29 is 10.3 Å². The highest BCUT2D eigenvalue weighted by molar-refractivity contribution is 6.02. The third kappa shape index (κ3) is 3.57. The molecule has 0 bridgehead atoms. The van der Waals surface area contributed by atoms with Crippen molar-refractivity contribution in [3.8, 4) is 0 Å². The lowest BCUT2D eigenvalue weighted by Gasteiger charge is -2.30. The summed E-state index contributed by atoms with van der Waals surface area (Å²) < 4.78 is 0. The molecule has 0 atom stereocenters. The molecule has 20 heavy (non-hydrogen) atoms. The normalized spacial score (nSPS) is 12.6. The largest absolute Gasteiger partial charge is 0.409 e. The van der Waals surface area contributed by atoms with Crippen LogP contribution in [0.15, 0.2) is 5.16 Å². The number of anilines is 1. The second kappa shape index (κ2) is 6.04. The lowest BCUT2D eigenvalue weighted by molar-refractivity contribution is 0.0873. The molecule has 0 saturated carbocycles. The molecular formula is C13H23N5O2. The van der Waals surface area contributed by atoms with Crippen LogP contribution in [0.25, 0.3) is 0 Å². The van der Waals surface area contributed by atoms with Gasteiger partial charge < -0.3 is 20.9 Å². The monoisotopic (exact) mass is 281 g/mol. The quantitative estimate of drug-likeness (QED) is 0.319. The molecule has 7 nitrogen and oxygen atoms in total. The van der Waals surface area contributed by atoms with Crippen LogP contribution < -0.4 is 10.6 Å². The van der Waals surface area contributed by atoms with Crippen molar-refractivity contribution >= 4 is 11.7 Å². The maximum absolute atomic E-state index is 9.99. The predicted octanol–water partition coefficient (Wildman–Crippen LogP) is 0.785. The Labute approximate surface area is 119 Å². The van der Waals surface area contributed by atoms with Crippen molar-refractivity contribution in [1.29, 1.82) is 0 Å². The highest BCUT2D eigenvalue weighted by Gasteiger charge is 2.24. The topological polar surface area (TPSA) is 108 Å². The Morgan fingerprint density at radius 1 is 1.35 bits per heavy atom. The minimum absolute atomic E-state index is 0.00954. The van der Waals surface area contributed by atoms with Crippen LogP contribution >= 0.6 is 0 Å². The fourth-order valence-electron chi connectivity index (χ4n) is 1.98. The maximum atomic E-state index is 9.99. The highest BCUT2D eigenvalue weighted by Crippen LogP contribution is 2.23. The highest BCUT2D eigenvalue weighted by atomic mass is 16.4. The van der Waals surface area contributed by atoms with Crippen LogP contribution in [0.1, 0.15) is 37.6 Å². The van der Waals surface area contributed by atoms with E-state index in [2.05, 4.69) is 15.4 Å². The number of amidine groups is 1. The first-order chi connectivity index (χ1) is 9.21. The number of hydrogen-bond acceptors (Lipinski definition) is 6. The summed E-state index contributed by atoms with van der Waals surface area (Å²) in [4.78, 5) is 1.85. The average Bonchev–Trinajstić information content (AvgIpc) is 2.37. The number of nitrogens with zero attached hydrogens (tertiary/aromatic N) is 4. The number of aryl methyl sites for hydroxylation is 1. The zero-order valence-corrected chi connectivity index (χ0v) is 12.7. The number of aliphatic hydroxyl groups is 1. The van der Waals surface area contributed by atoms with E-state index in [1.807, 2.05) is 25.7 Å². The summed E-state index contributed by atoms with van der Waals surface area (Å²) in [5, 5.41) is 30.3. The van der Waals surface area contributed by atoms with Gasteiger partial charge in [0, 0.05) is 13.1 Å². The smallest absolute Gasteiger partial charge is 0.174 e. The molecule has 1 heterocycles. The van der Waals surface area contributed by atoms with Gasteiger partial charge in [-0.1, -0.05) is 5.16 Å². The van der Waals surface area contributed by atoms with Crippen molar-refractivity contribution in [1.82, 2.24) is 10.2 Å². The molecule has 0 spiro atoms. The second-order valence-electron chi connectivity index (χ2n) is 5.42. The first-order valence-corrected chi connectivity index (χ1v) is 6.50. The predicted molar refractivity (Wildman–Crippen MR) is 78.2 cm³/mol. The molecule has 0 fully saturated rings. The third-order valence-electron chi connectivity index (χ3n) is 3.06. The lowest BCUT2D eigenvalue weighted by Crippen LogP contribution is -2.40. The van der Waals surface area contributed by atoms with Gasteiger partial charge in [0.05, 0.1) is 16.9 Å². The number of rotatable bonds is 5. The zero-order valence-electron chi connectivity index (χ0n) is 12.7. The van der Waals surface area contributed by atoms with E-state index in [1.54, 1.807) is 13.8 Å². The number of nitrogens with two attached hydrogens (primary N) is 1. The zero-order chi connectivity index (χ0) is 15.5. The maximum Gasteiger partial charge on any atom is 0.174 e. The molecule has 1 rings (SSSR count). The third-order valence-corrected chi connectivity index (χ3v) is 3.06. The van der Waals surface area contributed by atoms with Crippen LogP contribution in [-0.4, -0.2) is 45.0 Å². The van der Waals surface area contributed by atoms with Crippen LogP contribution in [-0.2, 0) is 0 Å². The van der Waals surface area contributed by atoms with Crippen LogP contribution in [0.2, 0.25) is 0 Å². The summed E-state index contributed by atoms with van der Waals surface area (Å²) in [6, 6.07) is 0. The molecule has 7 heteroatoms. The molecule has 4 N–H and O–H groups in total. The first-order valence-electron chi connectivity index (χ1n) is 6.50. The van der Waals surface area contributed by atoms with Gasteiger partial charge >= 0.3 is 0 Å². The van der Waals surface area contributed by atoms with Gasteiger partial charge in [0.1, 0.15) is 0 Å². The summed E-state index contributed by atoms with van der Waals surface area (Å²) in [5.74, 6) is 0.498. The molecule has 112 valence electrons. The van der Waals surface area contributed by atoms with E-state index in [1.165, 1.54) is 0 Å². The molecule has 0 aliphatic rings. The molecule has 0 unspecified atom stereocenters. The van der Waals surface area contributed by atoms with E-state index < -0.39 is 5.60 Å². The van der Waals surface area contributed by atoms with Gasteiger partial charge in [-0.2, -0.15) is 5.10 Å². The average molecular weight is 281 g/mol. The van der Waals surface area contributed by atoms with Gasteiger partial charge in [-0.05, 0) is 40.2 Å². The Bertz CT molecular complexity index is 508. The molecule has 0 radical (unpaired) electrons. The molecule has 0 aromatic carbocycles. The van der Waals surface area contributed by atoms with E-state index in [9.17, 15) is 5.11 Å². The summed E-state index contributed by atoms with van der Waals surface area (Å²) in [6.07, 6.45) is 0. The molecular weight excluding hydrogens is 258 g/mol. The van der Waals surface area contributed by atoms with Crippen LogP contribution in [0.4, 0.5) is 5.82 Å². The van der Waals surface area contributed by atoms with E-state index in [4.69, 9.17) is 10.9 Å². The van der Waals surface area contributed by atoms with Gasteiger partial charge in [-0.25, -0.2) is 0 Å². The van der Waals surface area contributed by atoms with Crippen LogP contribution in [0.3, 0.4) is 0 Å². The summed E-state index contributed by atoms with van der Waals surface area (Å²) in [5.41, 5.74) is 6.94. The minimum Gasteiger partial charge on any atom is -0.409 e. The molecule has 1 aromatic rings. The first kappa shape index (κ1) is 16.2. The van der Waals surface area contributed by atoms with Gasteiger partial charge in [0.15, 0.2) is 11.7 Å². The Morgan fingerprint density at radius 3 is 2.40 bits per heavy atom. The van der Waals surface area contributed by atoms with Crippen molar-refractivity contribution in [2.24, 2.45) is 10.9 Å². The molecule has 0 aliphatic heterocycles. The Morgan fingerprint density at radius 2 is 1.95 bits per heavy atom. The number of oxime groups is 1. The number of aromatic nitrogens is 2. The van der Waals surface area contributed by atoms with E-state index >= 15 is 0 Å². The van der Waals surface area contributed by atoms with Crippen molar-refractivity contribution in [3.05, 3.63) is 16.8 Å². The van der Waals surface area contributed by atoms with Crippen molar-refractivity contribution in [2.75, 3.05) is 18.0 Å². The lowest BCUT2D eigenvalue weighted by atomic mass is 10.1. The molecule has 0 amide bonds. The Balaban J connectivity index is 3.39. The van der Waals surface area contributed by atoms with Crippen LogP contribution in [0.5, 0.6) is 0 Å². The summed E-state index contributed by atoms with van der Waals surface area (Å²) in [7, 11) is 0. The Hall–Kier alpha value is -1.89. The molecule has 0 aliphatic carbocycles. The van der Waals surface area contributed by atoms with E-state index in [0.29, 0.717) is 24.5 Å². The van der Waals surface area contributed by atoms with Gasteiger partial charge in [0.25, 0.3) is 0 Å². The fraction of sp³-hybridized carbons (Fsp3) is 0.615. The summed E-state index contributed by atoms with van der Waals surface area (Å²) in [6.45, 7) is 10.0. The van der Waals surface area contributed by atoms with Gasteiger partial charge in [0.2, 0.25) is 0 Å². The standard InChI is InChI=1S/C13H23N5O2/c1-6-18(7-13(4,5)19)12-10(11(14)17-20)8(2)9(3)15-16-12/h19-20H,6-7H2,1-5H3,(H2,14,17). The second-order valence-corrected chi connectivity index (χ2v) is 5.42. The van der Waals surface area contributed by atoms with Gasteiger partial charge in [-0.15, -0.1) is 5.10 Å².